The summed E-state index contributed by atoms with van der Waals surface area (Å²) in [5.41, 5.74) is 4.19. The van der Waals surface area contributed by atoms with Crippen molar-refractivity contribution in [3.05, 3.63) is 6.67 Å². The molecule has 1 unspecified atom stereocenters. The third-order valence-electron chi connectivity index (χ3n) is 2.10. The molecule has 0 aliphatic carbocycles. The Balaban J connectivity index is 4.23. The maximum Gasteiger partial charge on any atom is 0.409 e. The monoisotopic (exact) mass is 302 g/mol. The molecule has 0 saturated heterocycles. The molecule has 9 nitrogen and oxygen atoms in total. The summed E-state index contributed by atoms with van der Waals surface area (Å²) in [6.45, 7) is 5.86. The highest BCUT2D eigenvalue weighted by Gasteiger charge is 2.26. The van der Waals surface area contributed by atoms with Gasteiger partial charge >= 0.3 is 12.1 Å². The second kappa shape index (κ2) is 8.08. The van der Waals surface area contributed by atoms with Gasteiger partial charge in [-0.3, -0.25) is 19.7 Å². The van der Waals surface area contributed by atoms with Crippen molar-refractivity contribution in [3.8, 4) is 0 Å². The molecule has 3 amide bonds. The van der Waals surface area contributed by atoms with Gasteiger partial charge < -0.3 is 20.9 Å². The second-order valence-electron chi connectivity index (χ2n) is 5.19. The standard InChI is InChI=1S/C12H20N3O6/c1-12(2,3)21-11(20)15-6-14-9(17)7(10(18)19)4-5-8(13)16/h6-7H,4-5H2,1-3H3,(H2,13,16)(H,14,17)(H,15,20)(H,18,19). The predicted octanol–water partition coefficient (Wildman–Crippen LogP) is -0.287. The molecule has 119 valence electrons. The van der Waals surface area contributed by atoms with Gasteiger partial charge in [-0.2, -0.15) is 0 Å². The quantitative estimate of drug-likeness (QED) is 0.475. The van der Waals surface area contributed by atoms with Crippen LogP contribution in [0.15, 0.2) is 0 Å². The number of carbonyl (C=O) groups is 4. The SMILES string of the molecule is CC(C)(C)OC(=O)N[CH]NC(=O)C(CCC(N)=O)C(=O)O. The highest BCUT2D eigenvalue weighted by Crippen LogP contribution is 2.08. The Labute approximate surface area is 122 Å². The van der Waals surface area contributed by atoms with E-state index in [1.54, 1.807) is 20.8 Å². The van der Waals surface area contributed by atoms with Crippen molar-refractivity contribution < 1.29 is 29.0 Å². The van der Waals surface area contributed by atoms with Crippen molar-refractivity contribution in [1.82, 2.24) is 10.6 Å². The Bertz CT molecular complexity index is 416. The number of hydrogen-bond donors (Lipinski definition) is 4. The highest BCUT2D eigenvalue weighted by molar-refractivity contribution is 5.97. The number of carboxylic acid groups (broad SMARTS) is 1. The van der Waals surface area contributed by atoms with Crippen molar-refractivity contribution in [2.75, 3.05) is 0 Å². The molecule has 0 aliphatic heterocycles. The van der Waals surface area contributed by atoms with Crippen LogP contribution in [-0.4, -0.2) is 34.6 Å². The molecule has 0 aromatic rings. The molecule has 0 saturated carbocycles. The number of amides is 3. The summed E-state index contributed by atoms with van der Waals surface area (Å²) < 4.78 is 4.90. The van der Waals surface area contributed by atoms with E-state index in [2.05, 4.69) is 10.6 Å². The van der Waals surface area contributed by atoms with Crippen LogP contribution < -0.4 is 16.4 Å². The van der Waals surface area contributed by atoms with E-state index in [0.29, 0.717) is 0 Å². The first-order chi connectivity index (χ1) is 9.53. The van der Waals surface area contributed by atoms with Gasteiger partial charge in [0, 0.05) is 6.42 Å². The number of nitrogens with one attached hydrogen (secondary N) is 2. The fourth-order valence-corrected chi connectivity index (χ4v) is 1.23. The third-order valence-corrected chi connectivity index (χ3v) is 2.10. The van der Waals surface area contributed by atoms with Crippen molar-refractivity contribution in [1.29, 1.82) is 0 Å². The number of alkyl carbamates (subject to hydrolysis) is 1. The lowest BCUT2D eigenvalue weighted by molar-refractivity contribution is -0.147. The summed E-state index contributed by atoms with van der Waals surface area (Å²) >= 11 is 0. The van der Waals surface area contributed by atoms with Crippen molar-refractivity contribution in [3.63, 3.8) is 0 Å². The Hall–Kier alpha value is -2.32. The van der Waals surface area contributed by atoms with Crippen LogP contribution in [0.4, 0.5) is 4.79 Å². The van der Waals surface area contributed by atoms with E-state index >= 15 is 0 Å². The number of carboxylic acids is 1. The smallest absolute Gasteiger partial charge is 0.409 e. The first kappa shape index (κ1) is 18.7. The van der Waals surface area contributed by atoms with Gasteiger partial charge in [0.05, 0.1) is 0 Å². The van der Waals surface area contributed by atoms with Crippen LogP contribution in [0.5, 0.6) is 0 Å². The fraction of sp³-hybridized carbons (Fsp3) is 0.583. The number of aliphatic carboxylic acids is 1. The van der Waals surface area contributed by atoms with Crippen molar-refractivity contribution >= 4 is 23.9 Å². The molecule has 0 bridgehead atoms. The highest BCUT2D eigenvalue weighted by atomic mass is 16.6. The molecule has 21 heavy (non-hydrogen) atoms. The average Bonchev–Trinajstić information content (AvgIpc) is 2.25. The Morgan fingerprint density at radius 3 is 2.24 bits per heavy atom. The van der Waals surface area contributed by atoms with Gasteiger partial charge in [-0.15, -0.1) is 0 Å². The molecular weight excluding hydrogens is 282 g/mol. The van der Waals surface area contributed by atoms with Crippen LogP contribution in [0.1, 0.15) is 33.6 Å². The fourth-order valence-electron chi connectivity index (χ4n) is 1.23. The summed E-state index contributed by atoms with van der Waals surface area (Å²) in [6, 6.07) is 0. The van der Waals surface area contributed by atoms with Gasteiger partial charge in [-0.25, -0.2) is 4.79 Å². The molecule has 9 heteroatoms. The topological polar surface area (TPSA) is 148 Å². The molecule has 0 heterocycles. The summed E-state index contributed by atoms with van der Waals surface area (Å²) in [6.07, 6.45) is -1.26. The molecule has 1 atom stereocenters. The number of nitrogens with two attached hydrogens (primary N) is 1. The molecule has 0 aliphatic rings. The van der Waals surface area contributed by atoms with Crippen LogP contribution in [0.25, 0.3) is 0 Å². The molecule has 0 spiro atoms. The number of primary amides is 1. The van der Waals surface area contributed by atoms with Crippen molar-refractivity contribution in [2.24, 2.45) is 11.7 Å². The molecule has 1 radical (unpaired) electrons. The average molecular weight is 302 g/mol. The Morgan fingerprint density at radius 2 is 1.81 bits per heavy atom. The Kier molecular flexibility index (Phi) is 7.18. The van der Waals surface area contributed by atoms with E-state index in [0.717, 1.165) is 6.67 Å². The lowest BCUT2D eigenvalue weighted by Crippen LogP contribution is -2.40. The van der Waals surface area contributed by atoms with E-state index < -0.39 is 35.4 Å². The third kappa shape index (κ3) is 9.25. The van der Waals surface area contributed by atoms with Gasteiger partial charge in [0.2, 0.25) is 11.8 Å². The molecule has 0 fully saturated rings. The molecule has 0 rings (SSSR count). The zero-order valence-electron chi connectivity index (χ0n) is 12.1. The normalized spacial score (nSPS) is 12.1. The molecule has 5 N–H and O–H groups in total. The Morgan fingerprint density at radius 1 is 1.24 bits per heavy atom. The van der Waals surface area contributed by atoms with Crippen molar-refractivity contribution in [2.45, 2.75) is 39.2 Å². The number of rotatable bonds is 7. The van der Waals surface area contributed by atoms with Crippen LogP contribution in [0.3, 0.4) is 0 Å². The summed E-state index contributed by atoms with van der Waals surface area (Å²) in [7, 11) is 0. The van der Waals surface area contributed by atoms with E-state index in [-0.39, 0.29) is 12.8 Å². The molecule has 0 aromatic carbocycles. The minimum absolute atomic E-state index is 0.225. The van der Waals surface area contributed by atoms with Gasteiger partial charge in [-0.05, 0) is 27.2 Å². The number of hydrogen-bond acceptors (Lipinski definition) is 5. The lowest BCUT2D eigenvalue weighted by atomic mass is 10.0. The van der Waals surface area contributed by atoms with E-state index in [4.69, 9.17) is 15.6 Å². The van der Waals surface area contributed by atoms with Crippen LogP contribution in [0.2, 0.25) is 0 Å². The zero-order valence-corrected chi connectivity index (χ0v) is 12.1. The van der Waals surface area contributed by atoms with E-state index in [9.17, 15) is 19.2 Å². The number of ether oxygens (including phenoxy) is 1. The predicted molar refractivity (Wildman–Crippen MR) is 71.4 cm³/mol. The lowest BCUT2D eigenvalue weighted by Gasteiger charge is -2.19. The first-order valence-electron chi connectivity index (χ1n) is 6.15. The van der Waals surface area contributed by atoms with Gasteiger partial charge in [0.15, 0.2) is 0 Å². The number of carbonyl (C=O) groups excluding carboxylic acids is 3. The maximum atomic E-state index is 11.6. The van der Waals surface area contributed by atoms with Crippen LogP contribution >= 0.6 is 0 Å². The summed E-state index contributed by atoms with van der Waals surface area (Å²) in [5.74, 6) is -4.40. The van der Waals surface area contributed by atoms with Gasteiger partial charge in [0.1, 0.15) is 18.2 Å². The minimum atomic E-state index is -1.44. The largest absolute Gasteiger partial charge is 0.481 e. The molecular formula is C12H20N3O6. The zero-order chi connectivity index (χ0) is 16.6. The maximum absolute atomic E-state index is 11.6. The minimum Gasteiger partial charge on any atom is -0.481 e. The second-order valence-corrected chi connectivity index (χ2v) is 5.19. The van der Waals surface area contributed by atoms with Gasteiger partial charge in [0.25, 0.3) is 0 Å². The van der Waals surface area contributed by atoms with Crippen LogP contribution in [0, 0.1) is 12.6 Å². The molecule has 0 aromatic heterocycles. The summed E-state index contributed by atoms with van der Waals surface area (Å²) in [5, 5.41) is 13.1. The van der Waals surface area contributed by atoms with E-state index in [1.165, 1.54) is 0 Å². The van der Waals surface area contributed by atoms with Crippen LogP contribution in [-0.2, 0) is 19.1 Å². The van der Waals surface area contributed by atoms with Gasteiger partial charge in [-0.1, -0.05) is 0 Å². The van der Waals surface area contributed by atoms with E-state index in [1.807, 2.05) is 0 Å². The summed E-state index contributed by atoms with van der Waals surface area (Å²) in [4.78, 5) is 44.4. The first-order valence-corrected chi connectivity index (χ1v) is 6.15.